The lowest BCUT2D eigenvalue weighted by Gasteiger charge is -2.38. The average molecular weight is 280 g/mol. The molecule has 19 heavy (non-hydrogen) atoms. The minimum absolute atomic E-state index is 0.559. The summed E-state index contributed by atoms with van der Waals surface area (Å²) in [5, 5.41) is 4.87. The molecule has 1 N–H and O–H groups in total. The van der Waals surface area contributed by atoms with Crippen molar-refractivity contribution in [2.75, 3.05) is 18.8 Å². The molecule has 0 amide bonds. The number of hydrogen-bond donors (Lipinski definition) is 1. The SMILES string of the molecule is CC(C)C1(CNC2=NCC3(CCCCC3)CS2)CC1. The van der Waals surface area contributed by atoms with Crippen molar-refractivity contribution in [2.45, 2.75) is 58.8 Å². The predicted molar refractivity (Wildman–Crippen MR) is 84.8 cm³/mol. The number of aliphatic imine (C=N–C) groups is 1. The molecule has 0 aromatic carbocycles. The van der Waals surface area contributed by atoms with Gasteiger partial charge in [0.25, 0.3) is 0 Å². The van der Waals surface area contributed by atoms with Crippen molar-refractivity contribution in [1.29, 1.82) is 0 Å². The maximum Gasteiger partial charge on any atom is 0.156 e. The second kappa shape index (κ2) is 5.31. The van der Waals surface area contributed by atoms with Crippen molar-refractivity contribution in [3.63, 3.8) is 0 Å². The summed E-state index contributed by atoms with van der Waals surface area (Å²) in [5.41, 5.74) is 1.15. The number of hydrogen-bond acceptors (Lipinski definition) is 3. The summed E-state index contributed by atoms with van der Waals surface area (Å²) < 4.78 is 0. The Morgan fingerprint density at radius 3 is 2.42 bits per heavy atom. The normalized spacial score (nSPS) is 28.3. The first-order valence-electron chi connectivity index (χ1n) is 8.05. The highest BCUT2D eigenvalue weighted by molar-refractivity contribution is 8.13. The van der Waals surface area contributed by atoms with Crippen molar-refractivity contribution in [1.82, 2.24) is 5.32 Å². The van der Waals surface area contributed by atoms with Gasteiger partial charge in [-0.1, -0.05) is 44.9 Å². The van der Waals surface area contributed by atoms with Crippen LogP contribution in [0, 0.1) is 16.7 Å². The van der Waals surface area contributed by atoms with Gasteiger partial charge in [-0.2, -0.15) is 0 Å². The smallest absolute Gasteiger partial charge is 0.156 e. The van der Waals surface area contributed by atoms with Crippen LogP contribution < -0.4 is 5.32 Å². The Morgan fingerprint density at radius 2 is 1.89 bits per heavy atom. The maximum absolute atomic E-state index is 4.87. The zero-order valence-corrected chi connectivity index (χ0v) is 13.3. The van der Waals surface area contributed by atoms with Crippen molar-refractivity contribution < 1.29 is 0 Å². The third kappa shape index (κ3) is 2.96. The van der Waals surface area contributed by atoms with E-state index in [1.165, 1.54) is 55.9 Å². The Bertz CT molecular complexity index is 352. The molecule has 3 rings (SSSR count). The van der Waals surface area contributed by atoms with E-state index < -0.39 is 0 Å². The van der Waals surface area contributed by atoms with Gasteiger partial charge < -0.3 is 5.32 Å². The summed E-state index contributed by atoms with van der Waals surface area (Å²) in [5.74, 6) is 2.10. The van der Waals surface area contributed by atoms with E-state index in [0.29, 0.717) is 10.8 Å². The first-order valence-corrected chi connectivity index (χ1v) is 9.04. The minimum Gasteiger partial charge on any atom is -0.364 e. The van der Waals surface area contributed by atoms with Gasteiger partial charge in [-0.3, -0.25) is 4.99 Å². The van der Waals surface area contributed by atoms with Gasteiger partial charge >= 0.3 is 0 Å². The third-order valence-electron chi connectivity index (χ3n) is 5.70. The van der Waals surface area contributed by atoms with E-state index in [1.807, 2.05) is 11.8 Å². The minimum atomic E-state index is 0.559. The van der Waals surface area contributed by atoms with Gasteiger partial charge in [0.15, 0.2) is 5.17 Å². The first kappa shape index (κ1) is 13.8. The number of nitrogens with one attached hydrogen (secondary N) is 1. The molecule has 2 nitrogen and oxygen atoms in total. The Kier molecular flexibility index (Phi) is 3.85. The van der Waals surface area contributed by atoms with Crippen LogP contribution in [0.25, 0.3) is 0 Å². The topological polar surface area (TPSA) is 24.4 Å². The molecule has 3 aliphatic rings. The van der Waals surface area contributed by atoms with E-state index in [9.17, 15) is 0 Å². The standard InChI is InChI=1S/C16H28N2S/c1-13(2)16(8-9-16)11-18-14-17-10-15(12-19-14)6-4-3-5-7-15/h13H,3-12H2,1-2H3,(H,17,18). The van der Waals surface area contributed by atoms with Crippen LogP contribution >= 0.6 is 11.8 Å². The Hall–Kier alpha value is -0.180. The number of rotatable bonds is 3. The quantitative estimate of drug-likeness (QED) is 0.843. The van der Waals surface area contributed by atoms with E-state index in [4.69, 9.17) is 4.99 Å². The van der Waals surface area contributed by atoms with Crippen LogP contribution in [0.1, 0.15) is 58.8 Å². The van der Waals surface area contributed by atoms with E-state index in [0.717, 1.165) is 19.0 Å². The van der Waals surface area contributed by atoms with Crippen LogP contribution in [0.2, 0.25) is 0 Å². The highest BCUT2D eigenvalue weighted by atomic mass is 32.2. The molecule has 0 aromatic rings. The third-order valence-corrected chi connectivity index (χ3v) is 7.00. The lowest BCUT2D eigenvalue weighted by Crippen LogP contribution is -2.38. The van der Waals surface area contributed by atoms with Crippen LogP contribution in [0.4, 0.5) is 0 Å². The van der Waals surface area contributed by atoms with Gasteiger partial charge in [0.1, 0.15) is 0 Å². The lowest BCUT2D eigenvalue weighted by molar-refractivity contribution is 0.232. The zero-order chi connectivity index (χ0) is 13.3. The summed E-state index contributed by atoms with van der Waals surface area (Å²) in [6.45, 7) is 6.95. The van der Waals surface area contributed by atoms with E-state index in [2.05, 4.69) is 19.2 Å². The molecule has 0 bridgehead atoms. The van der Waals surface area contributed by atoms with E-state index >= 15 is 0 Å². The van der Waals surface area contributed by atoms with E-state index in [1.54, 1.807) is 0 Å². The second-order valence-electron chi connectivity index (χ2n) is 7.34. The fraction of sp³-hybridized carbons (Fsp3) is 0.938. The van der Waals surface area contributed by atoms with Crippen LogP contribution in [-0.2, 0) is 0 Å². The van der Waals surface area contributed by atoms with Gasteiger partial charge in [-0.15, -0.1) is 0 Å². The van der Waals surface area contributed by atoms with Gasteiger partial charge in [0, 0.05) is 18.8 Å². The molecule has 2 saturated carbocycles. The summed E-state index contributed by atoms with van der Waals surface area (Å²) in [6, 6.07) is 0. The zero-order valence-electron chi connectivity index (χ0n) is 12.5. The van der Waals surface area contributed by atoms with Gasteiger partial charge in [-0.05, 0) is 42.4 Å². The molecule has 0 atom stereocenters. The Labute approximate surface area is 122 Å². The fourth-order valence-corrected chi connectivity index (χ4v) is 4.79. The molecule has 3 heteroatoms. The molecular formula is C16H28N2S. The highest BCUT2D eigenvalue weighted by Gasteiger charge is 2.45. The number of thioether (sulfide) groups is 1. The van der Waals surface area contributed by atoms with E-state index in [-0.39, 0.29) is 0 Å². The van der Waals surface area contributed by atoms with Crippen molar-refractivity contribution in [3.8, 4) is 0 Å². The molecule has 2 fully saturated rings. The van der Waals surface area contributed by atoms with Crippen molar-refractivity contribution in [3.05, 3.63) is 0 Å². The molecule has 1 spiro atoms. The Morgan fingerprint density at radius 1 is 1.16 bits per heavy atom. The summed E-state index contributed by atoms with van der Waals surface area (Å²) in [7, 11) is 0. The lowest BCUT2D eigenvalue weighted by atomic mass is 9.75. The number of nitrogens with zero attached hydrogens (tertiary/aromatic N) is 1. The summed E-state index contributed by atoms with van der Waals surface area (Å²) in [4.78, 5) is 4.87. The number of amidine groups is 1. The van der Waals surface area contributed by atoms with Gasteiger partial charge in [0.2, 0.25) is 0 Å². The maximum atomic E-state index is 4.87. The van der Waals surface area contributed by atoms with Crippen molar-refractivity contribution in [2.24, 2.45) is 21.7 Å². The highest BCUT2D eigenvalue weighted by Crippen LogP contribution is 2.51. The first-order chi connectivity index (χ1) is 9.14. The van der Waals surface area contributed by atoms with Crippen LogP contribution in [0.3, 0.4) is 0 Å². The van der Waals surface area contributed by atoms with Crippen LogP contribution in [0.15, 0.2) is 4.99 Å². The molecule has 1 aliphatic heterocycles. The molecule has 0 aromatic heterocycles. The summed E-state index contributed by atoms with van der Waals surface area (Å²) in [6.07, 6.45) is 9.92. The molecule has 0 saturated heterocycles. The largest absolute Gasteiger partial charge is 0.364 e. The summed E-state index contributed by atoms with van der Waals surface area (Å²) >= 11 is 1.99. The monoisotopic (exact) mass is 280 g/mol. The van der Waals surface area contributed by atoms with Crippen LogP contribution in [-0.4, -0.2) is 24.0 Å². The van der Waals surface area contributed by atoms with Crippen LogP contribution in [0.5, 0.6) is 0 Å². The molecule has 0 radical (unpaired) electrons. The molecular weight excluding hydrogens is 252 g/mol. The average Bonchev–Trinajstić information content (AvgIpc) is 3.21. The molecule has 1 heterocycles. The van der Waals surface area contributed by atoms with Gasteiger partial charge in [0.05, 0.1) is 0 Å². The molecule has 2 aliphatic carbocycles. The fourth-order valence-electron chi connectivity index (χ4n) is 3.63. The molecule has 0 unspecified atom stereocenters. The predicted octanol–water partition coefficient (Wildman–Crippen LogP) is 4.07. The second-order valence-corrected chi connectivity index (χ2v) is 8.31. The Balaban J connectivity index is 1.51. The van der Waals surface area contributed by atoms with Gasteiger partial charge in [-0.25, -0.2) is 0 Å². The molecule has 108 valence electrons. The van der Waals surface area contributed by atoms with Crippen molar-refractivity contribution >= 4 is 16.9 Å².